The van der Waals surface area contributed by atoms with Crippen LogP contribution in [0, 0.1) is 6.92 Å². The second kappa shape index (κ2) is 8.03. The van der Waals surface area contributed by atoms with E-state index in [1.807, 2.05) is 24.3 Å². The van der Waals surface area contributed by atoms with Gasteiger partial charge in [0.05, 0.1) is 10.6 Å². The van der Waals surface area contributed by atoms with Crippen molar-refractivity contribution in [2.45, 2.75) is 11.8 Å². The number of rotatable bonds is 4. The summed E-state index contributed by atoms with van der Waals surface area (Å²) in [6.45, 7) is 1.72. The lowest BCUT2D eigenvalue weighted by molar-refractivity contribution is 0.587. The average Bonchev–Trinajstić information content (AvgIpc) is 3.16. The van der Waals surface area contributed by atoms with Gasteiger partial charge >= 0.3 is 0 Å². The summed E-state index contributed by atoms with van der Waals surface area (Å²) in [5.74, 6) is 0. The maximum Gasteiger partial charge on any atom is 0.269 e. The van der Waals surface area contributed by atoms with Crippen LogP contribution in [0.15, 0.2) is 94.7 Å². The van der Waals surface area contributed by atoms with Crippen LogP contribution in [0.4, 0.5) is 0 Å². The Morgan fingerprint density at radius 1 is 0.909 bits per heavy atom. The molecule has 5 aromatic rings. The normalized spacial score (nSPS) is 11.7. The molecule has 6 nitrogen and oxygen atoms in total. The molecule has 3 aromatic heterocycles. The maximum absolute atomic E-state index is 13.4. The number of nitrogens with one attached hydrogen (secondary N) is 1. The maximum atomic E-state index is 13.4. The zero-order valence-electron chi connectivity index (χ0n) is 17.5. The number of aryl methyl sites for hydroxylation is 1. The molecular formula is C25H18ClN3O3S. The third-order valence-electron chi connectivity index (χ3n) is 5.44. The first-order valence-electron chi connectivity index (χ1n) is 10.1. The number of benzene rings is 2. The molecule has 0 fully saturated rings. The largest absolute Gasteiger partial charge is 0.322 e. The number of H-pyrrole nitrogens is 1. The number of fused-ring (bicyclic) bond motifs is 1. The van der Waals surface area contributed by atoms with Gasteiger partial charge in [0.1, 0.15) is 0 Å². The van der Waals surface area contributed by atoms with E-state index in [1.54, 1.807) is 61.7 Å². The minimum absolute atomic E-state index is 0.176. The summed E-state index contributed by atoms with van der Waals surface area (Å²) in [5, 5.41) is 1.14. The second-order valence-corrected chi connectivity index (χ2v) is 9.78. The quantitative estimate of drug-likeness (QED) is 0.384. The summed E-state index contributed by atoms with van der Waals surface area (Å²) < 4.78 is 28.0. The third-order valence-corrected chi connectivity index (χ3v) is 7.57. The fourth-order valence-corrected chi connectivity index (χ4v) is 5.73. The van der Waals surface area contributed by atoms with Crippen molar-refractivity contribution in [1.29, 1.82) is 0 Å². The van der Waals surface area contributed by atoms with E-state index in [4.69, 9.17) is 11.6 Å². The molecule has 3 heterocycles. The highest BCUT2D eigenvalue weighted by atomic mass is 35.5. The number of hydrogen-bond donors (Lipinski definition) is 1. The van der Waals surface area contributed by atoms with Gasteiger partial charge in [0, 0.05) is 33.9 Å². The highest BCUT2D eigenvalue weighted by molar-refractivity contribution is 7.90. The standard InChI is InChI=1S/C25H18ClN3O3S/c1-16-13-21-19(17-14-23(28-24(30)15-17)20-9-5-6-10-22(20)26)11-12-27-25(21)29(16)33(31,32)18-7-3-2-4-8-18/h2-15H,1H3,(H,28,30). The molecule has 0 radical (unpaired) electrons. The van der Waals surface area contributed by atoms with E-state index >= 15 is 0 Å². The van der Waals surface area contributed by atoms with Gasteiger partial charge in [-0.2, -0.15) is 0 Å². The SMILES string of the molecule is Cc1cc2c(-c3cc(-c4ccccc4Cl)[nH]c(=O)c3)ccnc2n1S(=O)(=O)c1ccccc1. The van der Waals surface area contributed by atoms with Crippen molar-refractivity contribution < 1.29 is 8.42 Å². The lowest BCUT2D eigenvalue weighted by atomic mass is 10.0. The van der Waals surface area contributed by atoms with Crippen molar-refractivity contribution in [3.05, 3.63) is 106 Å². The predicted molar refractivity (Wildman–Crippen MR) is 130 cm³/mol. The van der Waals surface area contributed by atoms with Gasteiger partial charge < -0.3 is 4.98 Å². The lowest BCUT2D eigenvalue weighted by Crippen LogP contribution is -2.14. The second-order valence-electron chi connectivity index (χ2n) is 7.59. The predicted octanol–water partition coefficient (Wildman–Crippen LogP) is 5.26. The number of aromatic nitrogens is 3. The van der Waals surface area contributed by atoms with E-state index in [-0.39, 0.29) is 10.5 Å². The highest BCUT2D eigenvalue weighted by Crippen LogP contribution is 2.33. The van der Waals surface area contributed by atoms with Gasteiger partial charge in [-0.3, -0.25) is 4.79 Å². The molecule has 1 N–H and O–H groups in total. The Bertz CT molecular complexity index is 1670. The molecule has 0 unspecified atom stereocenters. The monoisotopic (exact) mass is 475 g/mol. The molecule has 0 bridgehead atoms. The molecule has 0 aliphatic rings. The smallest absolute Gasteiger partial charge is 0.269 e. The Morgan fingerprint density at radius 2 is 1.64 bits per heavy atom. The van der Waals surface area contributed by atoms with Crippen molar-refractivity contribution in [3.8, 4) is 22.4 Å². The highest BCUT2D eigenvalue weighted by Gasteiger charge is 2.23. The summed E-state index contributed by atoms with van der Waals surface area (Å²) in [5.41, 5.74) is 3.13. The minimum atomic E-state index is -3.85. The Hall–Kier alpha value is -3.68. The van der Waals surface area contributed by atoms with Gasteiger partial charge in [0.25, 0.3) is 10.0 Å². The Balaban J connectivity index is 1.73. The van der Waals surface area contributed by atoms with Crippen LogP contribution < -0.4 is 5.56 Å². The van der Waals surface area contributed by atoms with Crippen molar-refractivity contribution in [2.75, 3.05) is 0 Å². The van der Waals surface area contributed by atoms with E-state index in [0.717, 1.165) is 0 Å². The molecule has 33 heavy (non-hydrogen) atoms. The molecule has 0 saturated heterocycles. The zero-order valence-corrected chi connectivity index (χ0v) is 19.1. The number of halogens is 1. The van der Waals surface area contributed by atoms with Crippen molar-refractivity contribution in [2.24, 2.45) is 0 Å². The van der Waals surface area contributed by atoms with Crippen molar-refractivity contribution >= 4 is 32.7 Å². The zero-order chi connectivity index (χ0) is 23.2. The fraction of sp³-hybridized carbons (Fsp3) is 0.0400. The average molecular weight is 476 g/mol. The van der Waals surface area contributed by atoms with Gasteiger partial charge in [-0.15, -0.1) is 0 Å². The molecule has 0 spiro atoms. The molecule has 164 valence electrons. The van der Waals surface area contributed by atoms with Crippen molar-refractivity contribution in [1.82, 2.24) is 13.9 Å². The van der Waals surface area contributed by atoms with E-state index in [0.29, 0.717) is 44.1 Å². The molecule has 0 saturated carbocycles. The topological polar surface area (TPSA) is 84.8 Å². The minimum Gasteiger partial charge on any atom is -0.322 e. The van der Waals surface area contributed by atoms with Gasteiger partial charge in [-0.25, -0.2) is 17.4 Å². The molecule has 0 aliphatic carbocycles. The molecule has 2 aromatic carbocycles. The first-order chi connectivity index (χ1) is 15.9. The molecule has 8 heteroatoms. The fourth-order valence-electron chi connectivity index (χ4n) is 3.98. The molecular weight excluding hydrogens is 458 g/mol. The van der Waals surface area contributed by atoms with Crippen LogP contribution in [0.2, 0.25) is 5.02 Å². The van der Waals surface area contributed by atoms with E-state index in [2.05, 4.69) is 9.97 Å². The Morgan fingerprint density at radius 3 is 2.39 bits per heavy atom. The van der Waals surface area contributed by atoms with Crippen LogP contribution >= 0.6 is 11.6 Å². The van der Waals surface area contributed by atoms with Crippen LogP contribution in [0.1, 0.15) is 5.69 Å². The summed E-state index contributed by atoms with van der Waals surface area (Å²) in [6.07, 6.45) is 1.55. The Kier molecular flexibility index (Phi) is 5.15. The third kappa shape index (κ3) is 3.65. The molecule has 0 aliphatic heterocycles. The van der Waals surface area contributed by atoms with E-state index < -0.39 is 10.0 Å². The Labute approximate surface area is 195 Å². The summed E-state index contributed by atoms with van der Waals surface area (Å²) >= 11 is 6.33. The lowest BCUT2D eigenvalue weighted by Gasteiger charge is -2.10. The summed E-state index contributed by atoms with van der Waals surface area (Å²) in [6, 6.07) is 22.3. The van der Waals surface area contributed by atoms with Gasteiger partial charge in [0.2, 0.25) is 5.56 Å². The number of pyridine rings is 2. The van der Waals surface area contributed by atoms with E-state index in [1.165, 1.54) is 10.0 Å². The van der Waals surface area contributed by atoms with Crippen LogP contribution in [0.5, 0.6) is 0 Å². The van der Waals surface area contributed by atoms with E-state index in [9.17, 15) is 13.2 Å². The summed E-state index contributed by atoms with van der Waals surface area (Å²) in [4.78, 5) is 19.9. The first-order valence-corrected chi connectivity index (χ1v) is 12.0. The summed E-state index contributed by atoms with van der Waals surface area (Å²) in [7, 11) is -3.85. The first kappa shape index (κ1) is 21.2. The number of hydrogen-bond acceptors (Lipinski definition) is 4. The van der Waals surface area contributed by atoms with Crippen LogP contribution in [0.3, 0.4) is 0 Å². The van der Waals surface area contributed by atoms with Gasteiger partial charge in [-0.1, -0.05) is 48.0 Å². The van der Waals surface area contributed by atoms with Gasteiger partial charge in [0.15, 0.2) is 5.65 Å². The van der Waals surface area contributed by atoms with Crippen LogP contribution in [0.25, 0.3) is 33.4 Å². The molecule has 0 amide bonds. The van der Waals surface area contributed by atoms with Crippen LogP contribution in [-0.2, 0) is 10.0 Å². The number of aromatic amines is 1. The molecule has 0 atom stereocenters. The van der Waals surface area contributed by atoms with Crippen LogP contribution in [-0.4, -0.2) is 22.4 Å². The molecule has 5 rings (SSSR count). The van der Waals surface area contributed by atoms with Gasteiger partial charge in [-0.05, 0) is 54.4 Å². The van der Waals surface area contributed by atoms with Crippen molar-refractivity contribution in [3.63, 3.8) is 0 Å². The number of nitrogens with zero attached hydrogens (tertiary/aromatic N) is 2.